The van der Waals surface area contributed by atoms with Crippen molar-refractivity contribution in [3.05, 3.63) is 17.8 Å². The van der Waals surface area contributed by atoms with E-state index in [9.17, 15) is 4.79 Å². The fourth-order valence-electron chi connectivity index (χ4n) is 1.79. The van der Waals surface area contributed by atoms with Crippen molar-refractivity contribution < 1.29 is 9.90 Å². The van der Waals surface area contributed by atoms with Crippen molar-refractivity contribution in [3.63, 3.8) is 0 Å². The summed E-state index contributed by atoms with van der Waals surface area (Å²) in [5, 5.41) is 9.00. The maximum atomic E-state index is 10.6. The highest BCUT2D eigenvalue weighted by Gasteiger charge is 2.11. The molecule has 102 valence electrons. The molecule has 0 saturated heterocycles. The van der Waals surface area contributed by atoms with Gasteiger partial charge in [-0.2, -0.15) is 0 Å². The average molecular weight is 284 g/mol. The molecule has 0 radical (unpaired) electrons. The number of aromatic nitrogens is 4. The first-order valence-electron chi connectivity index (χ1n) is 5.89. The molecule has 0 fully saturated rings. The number of nitrogens with two attached hydrogens (primary N) is 1. The molecule has 1 unspecified atom stereocenters. The van der Waals surface area contributed by atoms with E-state index in [-0.39, 0.29) is 0 Å². The molecule has 0 aliphatic rings. The molecule has 0 saturated carbocycles. The van der Waals surface area contributed by atoms with E-state index >= 15 is 0 Å². The van der Waals surface area contributed by atoms with Crippen molar-refractivity contribution >= 4 is 28.7 Å². The highest BCUT2D eigenvalue weighted by molar-refractivity contribution is 6.33. The van der Waals surface area contributed by atoms with Crippen molar-refractivity contribution in [1.82, 2.24) is 19.5 Å². The summed E-state index contributed by atoms with van der Waals surface area (Å²) in [5.74, 6) is -0.965. The number of fused-ring (bicyclic) bond motifs is 1. The summed E-state index contributed by atoms with van der Waals surface area (Å²) in [4.78, 5) is 22.7. The molecular weight excluding hydrogens is 270 g/mol. The van der Waals surface area contributed by atoms with E-state index in [0.717, 1.165) is 12.8 Å². The number of hydrogen-bond donors (Lipinski definition) is 2. The van der Waals surface area contributed by atoms with Gasteiger partial charge in [-0.25, -0.2) is 15.0 Å². The molecule has 0 aliphatic heterocycles. The van der Waals surface area contributed by atoms with Gasteiger partial charge in [0.2, 0.25) is 0 Å². The number of aryl methyl sites for hydroxylation is 1. The van der Waals surface area contributed by atoms with E-state index in [1.807, 2.05) is 4.57 Å². The van der Waals surface area contributed by atoms with Gasteiger partial charge in [0.05, 0.1) is 6.33 Å². The largest absolute Gasteiger partial charge is 0.480 e. The number of carboxylic acids is 1. The van der Waals surface area contributed by atoms with E-state index in [4.69, 9.17) is 22.4 Å². The number of imidazole rings is 1. The molecular formula is C11H14ClN5O2. The van der Waals surface area contributed by atoms with Crippen LogP contribution in [-0.2, 0) is 11.3 Å². The Bertz CT molecular complexity index is 585. The lowest BCUT2D eigenvalue weighted by atomic mass is 10.1. The molecule has 2 aromatic rings. The van der Waals surface area contributed by atoms with Gasteiger partial charge in [-0.05, 0) is 19.3 Å². The number of rotatable bonds is 6. The number of carboxylic acid groups (broad SMARTS) is 1. The highest BCUT2D eigenvalue weighted by Crippen LogP contribution is 2.17. The van der Waals surface area contributed by atoms with E-state index in [1.165, 1.54) is 6.33 Å². The lowest BCUT2D eigenvalue weighted by molar-refractivity contribution is -0.138. The maximum Gasteiger partial charge on any atom is 0.320 e. The Morgan fingerprint density at radius 3 is 2.95 bits per heavy atom. The number of carbonyl (C=O) groups is 1. The zero-order valence-corrected chi connectivity index (χ0v) is 10.9. The Balaban J connectivity index is 1.92. The van der Waals surface area contributed by atoms with Crippen molar-refractivity contribution in [2.75, 3.05) is 0 Å². The lowest BCUT2D eigenvalue weighted by Gasteiger charge is -2.06. The van der Waals surface area contributed by atoms with Gasteiger partial charge in [0.1, 0.15) is 17.9 Å². The molecule has 1 atom stereocenters. The average Bonchev–Trinajstić information content (AvgIpc) is 2.79. The first-order valence-corrected chi connectivity index (χ1v) is 6.27. The Kier molecular flexibility index (Phi) is 4.28. The quantitative estimate of drug-likeness (QED) is 0.606. The SMILES string of the molecule is NC(CCCCn1cnc2c(Cl)ncnc21)C(=O)O. The van der Waals surface area contributed by atoms with Crippen LogP contribution >= 0.6 is 11.6 Å². The molecule has 2 aromatic heterocycles. The fraction of sp³-hybridized carbons (Fsp3) is 0.455. The third-order valence-electron chi connectivity index (χ3n) is 2.84. The summed E-state index contributed by atoms with van der Waals surface area (Å²) >= 11 is 5.90. The summed E-state index contributed by atoms with van der Waals surface area (Å²) in [7, 11) is 0. The highest BCUT2D eigenvalue weighted by atomic mass is 35.5. The maximum absolute atomic E-state index is 10.6. The zero-order chi connectivity index (χ0) is 13.8. The minimum atomic E-state index is -0.965. The van der Waals surface area contributed by atoms with Crippen molar-refractivity contribution in [3.8, 4) is 0 Å². The van der Waals surface area contributed by atoms with Crippen LogP contribution in [0, 0.1) is 0 Å². The molecule has 19 heavy (non-hydrogen) atoms. The third-order valence-corrected chi connectivity index (χ3v) is 3.11. The first-order chi connectivity index (χ1) is 9.09. The fourth-order valence-corrected chi connectivity index (χ4v) is 1.96. The third kappa shape index (κ3) is 3.18. The van der Waals surface area contributed by atoms with E-state index in [0.29, 0.717) is 29.3 Å². The normalized spacial score (nSPS) is 12.7. The second-order valence-corrected chi connectivity index (χ2v) is 4.57. The first kappa shape index (κ1) is 13.7. The Morgan fingerprint density at radius 2 is 2.21 bits per heavy atom. The number of unbranched alkanes of at least 4 members (excludes halogenated alkanes) is 1. The van der Waals surface area contributed by atoms with Gasteiger partial charge in [0.15, 0.2) is 10.8 Å². The Hall–Kier alpha value is -1.73. The molecule has 0 spiro atoms. The molecule has 0 aliphatic carbocycles. The van der Waals surface area contributed by atoms with Crippen LogP contribution in [0.4, 0.5) is 0 Å². The van der Waals surface area contributed by atoms with Crippen LogP contribution in [0.5, 0.6) is 0 Å². The summed E-state index contributed by atoms with van der Waals surface area (Å²) in [6, 6.07) is -0.795. The zero-order valence-electron chi connectivity index (χ0n) is 10.2. The van der Waals surface area contributed by atoms with Crippen LogP contribution < -0.4 is 5.73 Å². The summed E-state index contributed by atoms with van der Waals surface area (Å²) in [6.45, 7) is 0.691. The number of halogens is 1. The van der Waals surface area contributed by atoms with Gasteiger partial charge in [-0.1, -0.05) is 11.6 Å². The van der Waals surface area contributed by atoms with E-state index < -0.39 is 12.0 Å². The topological polar surface area (TPSA) is 107 Å². The molecule has 7 nitrogen and oxygen atoms in total. The van der Waals surface area contributed by atoms with Crippen LogP contribution in [0.2, 0.25) is 5.15 Å². The molecule has 0 aromatic carbocycles. The van der Waals surface area contributed by atoms with Crippen molar-refractivity contribution in [2.45, 2.75) is 31.8 Å². The van der Waals surface area contributed by atoms with Gasteiger partial charge < -0.3 is 15.4 Å². The van der Waals surface area contributed by atoms with Gasteiger partial charge in [-0.15, -0.1) is 0 Å². The predicted octanol–water partition coefficient (Wildman–Crippen LogP) is 1.06. The Morgan fingerprint density at radius 1 is 1.42 bits per heavy atom. The molecule has 8 heteroatoms. The summed E-state index contributed by atoms with van der Waals surface area (Å²) in [5.41, 5.74) is 6.69. The van der Waals surface area contributed by atoms with Gasteiger partial charge in [-0.3, -0.25) is 4.79 Å². The second kappa shape index (κ2) is 5.94. The monoisotopic (exact) mass is 283 g/mol. The number of aliphatic carboxylic acids is 1. The van der Waals surface area contributed by atoms with Crippen LogP contribution in [-0.4, -0.2) is 36.6 Å². The number of hydrogen-bond acceptors (Lipinski definition) is 5. The van der Waals surface area contributed by atoms with Crippen molar-refractivity contribution in [1.29, 1.82) is 0 Å². The van der Waals surface area contributed by atoms with Gasteiger partial charge in [0.25, 0.3) is 0 Å². The lowest BCUT2D eigenvalue weighted by Crippen LogP contribution is -2.29. The van der Waals surface area contributed by atoms with E-state index in [2.05, 4.69) is 15.0 Å². The summed E-state index contributed by atoms with van der Waals surface area (Å²) < 4.78 is 1.87. The summed E-state index contributed by atoms with van der Waals surface area (Å²) in [6.07, 6.45) is 5.03. The van der Waals surface area contributed by atoms with Crippen LogP contribution in [0.3, 0.4) is 0 Å². The standard InChI is InChI=1S/C11H14ClN5O2/c12-9-8-10(15-5-14-9)17(6-16-8)4-2-1-3-7(13)11(18)19/h5-7H,1-4,13H2,(H,18,19). The van der Waals surface area contributed by atoms with Crippen molar-refractivity contribution in [2.24, 2.45) is 5.73 Å². The number of nitrogens with zero attached hydrogens (tertiary/aromatic N) is 4. The van der Waals surface area contributed by atoms with Gasteiger partial charge >= 0.3 is 5.97 Å². The molecule has 0 bridgehead atoms. The van der Waals surface area contributed by atoms with E-state index in [1.54, 1.807) is 6.33 Å². The molecule has 3 N–H and O–H groups in total. The molecule has 2 rings (SSSR count). The van der Waals surface area contributed by atoms with Crippen LogP contribution in [0.15, 0.2) is 12.7 Å². The Labute approximate surface area is 114 Å². The minimum absolute atomic E-state index is 0.330. The molecule has 2 heterocycles. The second-order valence-electron chi connectivity index (χ2n) is 4.22. The minimum Gasteiger partial charge on any atom is -0.480 e. The smallest absolute Gasteiger partial charge is 0.320 e. The predicted molar refractivity (Wildman–Crippen MR) is 69.8 cm³/mol. The van der Waals surface area contributed by atoms with Crippen LogP contribution in [0.1, 0.15) is 19.3 Å². The molecule has 0 amide bonds. The van der Waals surface area contributed by atoms with Crippen LogP contribution in [0.25, 0.3) is 11.2 Å². The van der Waals surface area contributed by atoms with Gasteiger partial charge in [0, 0.05) is 6.54 Å².